The molecule has 2 aromatic rings. The highest BCUT2D eigenvalue weighted by Crippen LogP contribution is 2.28. The molecule has 1 heteroatoms. The van der Waals surface area contributed by atoms with E-state index in [1.165, 1.54) is 11.1 Å². The van der Waals surface area contributed by atoms with Crippen LogP contribution >= 0.6 is 0 Å². The molecule has 0 heterocycles. The molecule has 0 N–H and O–H groups in total. The lowest BCUT2D eigenvalue weighted by molar-refractivity contribution is 0.478. The molecule has 1 nitrogen and oxygen atoms in total. The highest BCUT2D eigenvalue weighted by molar-refractivity contribution is 5.37. The van der Waals surface area contributed by atoms with Crippen molar-refractivity contribution in [2.75, 3.05) is 0 Å². The summed E-state index contributed by atoms with van der Waals surface area (Å²) in [7, 11) is 0. The van der Waals surface area contributed by atoms with E-state index in [0.29, 0.717) is 0 Å². The Hall–Kier alpha value is -1.76. The molecule has 94 valence electrons. The van der Waals surface area contributed by atoms with Gasteiger partial charge in [-0.1, -0.05) is 45.0 Å². The molecule has 0 aromatic heterocycles. The standard InChI is InChI=1S/C17H20O/c1-13-7-5-9-15(11-13)18-16-10-6-8-14(12-16)17(2,3)4/h5-12H,1-4H3. The molecule has 0 aliphatic heterocycles. The van der Waals surface area contributed by atoms with Crippen molar-refractivity contribution in [3.63, 3.8) is 0 Å². The lowest BCUT2D eigenvalue weighted by Gasteiger charge is -2.19. The molecule has 2 aromatic carbocycles. The fourth-order valence-electron chi connectivity index (χ4n) is 1.84. The third-order valence-electron chi connectivity index (χ3n) is 2.93. The maximum absolute atomic E-state index is 5.90. The van der Waals surface area contributed by atoms with Crippen molar-refractivity contribution < 1.29 is 4.74 Å². The van der Waals surface area contributed by atoms with Gasteiger partial charge < -0.3 is 4.74 Å². The summed E-state index contributed by atoms with van der Waals surface area (Å²) in [5.74, 6) is 1.79. The SMILES string of the molecule is Cc1cccc(Oc2cccc(C(C)(C)C)c2)c1. The zero-order valence-electron chi connectivity index (χ0n) is 11.5. The molecule has 0 radical (unpaired) electrons. The summed E-state index contributed by atoms with van der Waals surface area (Å²) in [6.07, 6.45) is 0. The minimum Gasteiger partial charge on any atom is -0.457 e. The minimum atomic E-state index is 0.145. The molecule has 18 heavy (non-hydrogen) atoms. The minimum absolute atomic E-state index is 0.145. The van der Waals surface area contributed by atoms with Crippen molar-refractivity contribution in [1.82, 2.24) is 0 Å². The quantitative estimate of drug-likeness (QED) is 0.711. The summed E-state index contributed by atoms with van der Waals surface area (Å²) in [5.41, 5.74) is 2.64. The highest BCUT2D eigenvalue weighted by atomic mass is 16.5. The molecular formula is C17H20O. The van der Waals surface area contributed by atoms with E-state index < -0.39 is 0 Å². The van der Waals surface area contributed by atoms with Crippen LogP contribution in [0, 0.1) is 6.92 Å². The third-order valence-corrected chi connectivity index (χ3v) is 2.93. The van der Waals surface area contributed by atoms with Crippen LogP contribution in [0.1, 0.15) is 31.9 Å². The monoisotopic (exact) mass is 240 g/mol. The van der Waals surface area contributed by atoms with Crippen molar-refractivity contribution in [2.45, 2.75) is 33.1 Å². The van der Waals surface area contributed by atoms with E-state index in [-0.39, 0.29) is 5.41 Å². The van der Waals surface area contributed by atoms with Gasteiger partial charge in [0.2, 0.25) is 0 Å². The normalized spacial score (nSPS) is 11.3. The zero-order valence-corrected chi connectivity index (χ0v) is 11.5. The maximum atomic E-state index is 5.90. The first-order valence-electron chi connectivity index (χ1n) is 6.30. The average molecular weight is 240 g/mol. The summed E-state index contributed by atoms with van der Waals surface area (Å²) < 4.78 is 5.90. The van der Waals surface area contributed by atoms with Crippen molar-refractivity contribution >= 4 is 0 Å². The van der Waals surface area contributed by atoms with E-state index >= 15 is 0 Å². The van der Waals surface area contributed by atoms with Crippen LogP contribution in [-0.4, -0.2) is 0 Å². The molecule has 0 aliphatic rings. The fraction of sp³-hybridized carbons (Fsp3) is 0.294. The Morgan fingerprint density at radius 1 is 0.833 bits per heavy atom. The summed E-state index contributed by atoms with van der Waals surface area (Å²) in [6.45, 7) is 8.69. The number of hydrogen-bond donors (Lipinski definition) is 0. The topological polar surface area (TPSA) is 9.23 Å². The molecule has 0 amide bonds. The predicted octanol–water partition coefficient (Wildman–Crippen LogP) is 5.08. The summed E-state index contributed by atoms with van der Waals surface area (Å²) in [5, 5.41) is 0. The number of aryl methyl sites for hydroxylation is 1. The highest BCUT2D eigenvalue weighted by Gasteiger charge is 2.13. The third kappa shape index (κ3) is 3.13. The first kappa shape index (κ1) is 12.7. The van der Waals surface area contributed by atoms with Gasteiger partial charge in [-0.25, -0.2) is 0 Å². The van der Waals surface area contributed by atoms with Crippen LogP contribution in [0.25, 0.3) is 0 Å². The lowest BCUT2D eigenvalue weighted by Crippen LogP contribution is -2.10. The Bertz CT molecular complexity index is 535. The van der Waals surface area contributed by atoms with E-state index in [9.17, 15) is 0 Å². The van der Waals surface area contributed by atoms with Crippen LogP contribution in [0.2, 0.25) is 0 Å². The molecule has 2 rings (SSSR count). The molecule has 0 unspecified atom stereocenters. The molecule has 0 aliphatic carbocycles. The Kier molecular flexibility index (Phi) is 3.42. The second-order valence-electron chi connectivity index (χ2n) is 5.70. The first-order chi connectivity index (χ1) is 8.45. The summed E-state index contributed by atoms with van der Waals surface area (Å²) in [6, 6.07) is 16.4. The van der Waals surface area contributed by atoms with Gasteiger partial charge in [-0.05, 0) is 47.7 Å². The first-order valence-corrected chi connectivity index (χ1v) is 6.30. The van der Waals surface area contributed by atoms with Gasteiger partial charge in [-0.15, -0.1) is 0 Å². The van der Waals surface area contributed by atoms with Gasteiger partial charge in [0.1, 0.15) is 11.5 Å². The Morgan fingerprint density at radius 2 is 1.44 bits per heavy atom. The second kappa shape index (κ2) is 4.85. The molecular weight excluding hydrogens is 220 g/mol. The van der Waals surface area contributed by atoms with Gasteiger partial charge in [0, 0.05) is 0 Å². The summed E-state index contributed by atoms with van der Waals surface area (Å²) >= 11 is 0. The largest absolute Gasteiger partial charge is 0.457 e. The van der Waals surface area contributed by atoms with E-state index in [1.54, 1.807) is 0 Å². The number of rotatable bonds is 2. The van der Waals surface area contributed by atoms with Gasteiger partial charge in [-0.2, -0.15) is 0 Å². The maximum Gasteiger partial charge on any atom is 0.127 e. The fourth-order valence-corrected chi connectivity index (χ4v) is 1.84. The van der Waals surface area contributed by atoms with Crippen molar-refractivity contribution in [3.8, 4) is 11.5 Å². The molecule has 0 atom stereocenters. The Labute approximate surface area is 109 Å². The lowest BCUT2D eigenvalue weighted by atomic mass is 9.87. The smallest absolute Gasteiger partial charge is 0.127 e. The summed E-state index contributed by atoms with van der Waals surface area (Å²) in [4.78, 5) is 0. The molecule has 0 saturated heterocycles. The molecule has 0 saturated carbocycles. The van der Waals surface area contributed by atoms with Crippen LogP contribution in [-0.2, 0) is 5.41 Å². The van der Waals surface area contributed by atoms with Gasteiger partial charge in [0.05, 0.1) is 0 Å². The van der Waals surface area contributed by atoms with Crippen LogP contribution in [0.3, 0.4) is 0 Å². The van der Waals surface area contributed by atoms with Gasteiger partial charge in [-0.3, -0.25) is 0 Å². The van der Waals surface area contributed by atoms with Crippen LogP contribution in [0.15, 0.2) is 48.5 Å². The van der Waals surface area contributed by atoms with Gasteiger partial charge in [0.15, 0.2) is 0 Å². The van der Waals surface area contributed by atoms with Crippen LogP contribution in [0.5, 0.6) is 11.5 Å². The second-order valence-corrected chi connectivity index (χ2v) is 5.70. The van der Waals surface area contributed by atoms with Gasteiger partial charge in [0.25, 0.3) is 0 Å². The van der Waals surface area contributed by atoms with E-state index in [0.717, 1.165) is 11.5 Å². The molecule has 0 spiro atoms. The van der Waals surface area contributed by atoms with Crippen LogP contribution < -0.4 is 4.74 Å². The number of ether oxygens (including phenoxy) is 1. The van der Waals surface area contributed by atoms with Gasteiger partial charge >= 0.3 is 0 Å². The van der Waals surface area contributed by atoms with E-state index in [4.69, 9.17) is 4.74 Å². The van der Waals surface area contributed by atoms with E-state index in [2.05, 4.69) is 45.9 Å². The molecule has 0 bridgehead atoms. The Morgan fingerprint density at radius 3 is 2.06 bits per heavy atom. The van der Waals surface area contributed by atoms with Crippen molar-refractivity contribution in [2.24, 2.45) is 0 Å². The predicted molar refractivity (Wildman–Crippen MR) is 76.4 cm³/mol. The molecule has 0 fully saturated rings. The van der Waals surface area contributed by atoms with Crippen LogP contribution in [0.4, 0.5) is 0 Å². The zero-order chi connectivity index (χ0) is 13.2. The van der Waals surface area contributed by atoms with Crippen molar-refractivity contribution in [1.29, 1.82) is 0 Å². The van der Waals surface area contributed by atoms with Crippen molar-refractivity contribution in [3.05, 3.63) is 59.7 Å². The number of benzene rings is 2. The Balaban J connectivity index is 2.25. The van der Waals surface area contributed by atoms with E-state index in [1.807, 2.05) is 30.3 Å². The number of hydrogen-bond acceptors (Lipinski definition) is 1. The average Bonchev–Trinajstić information content (AvgIpc) is 2.28.